The first kappa shape index (κ1) is 21.6. The molecule has 1 N–H and O–H groups in total. The van der Waals surface area contributed by atoms with Gasteiger partial charge in [-0.1, -0.05) is 6.07 Å². The Morgan fingerprint density at radius 2 is 2.06 bits per heavy atom. The summed E-state index contributed by atoms with van der Waals surface area (Å²) in [5, 5.41) is 3.15. The molecule has 4 heterocycles. The highest BCUT2D eigenvalue weighted by Gasteiger charge is 2.26. The molecular formula is C23H27N5O4. The topological polar surface area (TPSA) is 98.1 Å². The molecule has 0 saturated carbocycles. The maximum absolute atomic E-state index is 13.2. The number of carbonyl (C=O) groups excluding carboxylic acids is 2. The van der Waals surface area contributed by atoms with E-state index in [1.165, 1.54) is 7.11 Å². The van der Waals surface area contributed by atoms with E-state index in [2.05, 4.69) is 20.2 Å². The Balaban J connectivity index is 1.51. The average Bonchev–Trinajstić information content (AvgIpc) is 3.16. The van der Waals surface area contributed by atoms with Crippen LogP contribution in [0.4, 0.5) is 5.82 Å². The third-order valence-electron chi connectivity index (χ3n) is 5.51. The zero-order valence-corrected chi connectivity index (χ0v) is 18.5. The zero-order chi connectivity index (χ0) is 22.7. The molecule has 0 spiro atoms. The number of esters is 1. The van der Waals surface area contributed by atoms with Crippen molar-refractivity contribution >= 4 is 23.3 Å². The zero-order valence-electron chi connectivity index (χ0n) is 18.5. The first-order chi connectivity index (χ1) is 15.5. The van der Waals surface area contributed by atoms with Crippen LogP contribution in [-0.2, 0) is 4.74 Å². The molecule has 0 aliphatic carbocycles. The van der Waals surface area contributed by atoms with Crippen LogP contribution in [0.1, 0.15) is 46.4 Å². The number of pyridine rings is 2. The van der Waals surface area contributed by atoms with Gasteiger partial charge in [-0.15, -0.1) is 0 Å². The molecule has 9 heteroatoms. The number of nitrogens with zero attached hydrogens (tertiary/aromatic N) is 4. The Bertz CT molecular complexity index is 1140. The molecule has 9 nitrogen and oxygen atoms in total. The van der Waals surface area contributed by atoms with Crippen LogP contribution >= 0.6 is 0 Å². The number of ether oxygens (including phenoxy) is 2. The van der Waals surface area contributed by atoms with Crippen LogP contribution in [0, 0.1) is 6.92 Å². The number of piperidine rings is 1. The fourth-order valence-electron chi connectivity index (χ4n) is 4.07. The van der Waals surface area contributed by atoms with Gasteiger partial charge in [-0.05, 0) is 51.0 Å². The summed E-state index contributed by atoms with van der Waals surface area (Å²) in [4.78, 5) is 36.1. The minimum absolute atomic E-state index is 0.0557. The lowest BCUT2D eigenvalue weighted by atomic mass is 10.1. The second kappa shape index (κ2) is 9.25. The summed E-state index contributed by atoms with van der Waals surface area (Å²) in [6, 6.07) is 8.91. The Labute approximate surface area is 186 Å². The highest BCUT2D eigenvalue weighted by Crippen LogP contribution is 2.23. The molecule has 3 aromatic rings. The van der Waals surface area contributed by atoms with Crippen molar-refractivity contribution in [2.24, 2.45) is 0 Å². The number of hydrogen-bond donors (Lipinski definition) is 1. The van der Waals surface area contributed by atoms with E-state index in [1.54, 1.807) is 16.5 Å². The fourth-order valence-corrected chi connectivity index (χ4v) is 4.07. The Morgan fingerprint density at radius 1 is 1.22 bits per heavy atom. The molecule has 1 atom stereocenters. The third kappa shape index (κ3) is 4.23. The molecule has 0 unspecified atom stereocenters. The number of fused-ring (bicyclic) bond motifs is 1. The second-order valence-electron chi connectivity index (χ2n) is 7.68. The van der Waals surface area contributed by atoms with Crippen molar-refractivity contribution < 1.29 is 19.1 Å². The second-order valence-corrected chi connectivity index (χ2v) is 7.68. The van der Waals surface area contributed by atoms with Gasteiger partial charge in [-0.2, -0.15) is 0 Å². The number of aryl methyl sites for hydroxylation is 1. The number of nitrogens with one attached hydrogen (secondary N) is 1. The number of carbonyl (C=O) groups is 2. The number of rotatable bonds is 6. The van der Waals surface area contributed by atoms with Crippen LogP contribution in [0.25, 0.3) is 5.65 Å². The van der Waals surface area contributed by atoms with Crippen LogP contribution in [0.3, 0.4) is 0 Å². The minimum atomic E-state index is -0.469. The number of hydrogen-bond acceptors (Lipinski definition) is 7. The van der Waals surface area contributed by atoms with Crippen molar-refractivity contribution in [3.05, 3.63) is 53.6 Å². The lowest BCUT2D eigenvalue weighted by Gasteiger charge is -2.34. The van der Waals surface area contributed by atoms with Gasteiger partial charge in [0.2, 0.25) is 0 Å². The van der Waals surface area contributed by atoms with Gasteiger partial charge in [0, 0.05) is 25.3 Å². The fraction of sp³-hybridized carbons (Fsp3) is 0.391. The summed E-state index contributed by atoms with van der Waals surface area (Å²) in [5.74, 6) is 0.701. The van der Waals surface area contributed by atoms with Gasteiger partial charge < -0.3 is 19.7 Å². The molecule has 32 heavy (non-hydrogen) atoms. The van der Waals surface area contributed by atoms with E-state index in [0.29, 0.717) is 41.8 Å². The standard InChI is InChI=1S/C23H27N5O4/c1-4-32-18-10-7-13-28-20(15(2)24-21(18)28)22(29)25-16-8-6-12-27(14-16)19-11-5-9-17(26-19)23(30)31-3/h5,7,9-11,13,16H,4,6,8,12,14H2,1-3H3,(H,25,29)/t16-/m0/s1. The van der Waals surface area contributed by atoms with Gasteiger partial charge in [-0.3, -0.25) is 9.20 Å². The van der Waals surface area contributed by atoms with E-state index < -0.39 is 5.97 Å². The van der Waals surface area contributed by atoms with Gasteiger partial charge in [0.25, 0.3) is 5.91 Å². The van der Waals surface area contributed by atoms with Gasteiger partial charge in [0.05, 0.1) is 19.4 Å². The lowest BCUT2D eigenvalue weighted by Crippen LogP contribution is -2.48. The molecule has 1 aliphatic heterocycles. The molecule has 1 amide bonds. The van der Waals surface area contributed by atoms with Gasteiger partial charge in [0.1, 0.15) is 11.5 Å². The predicted octanol–water partition coefficient (Wildman–Crippen LogP) is 2.62. The minimum Gasteiger partial charge on any atom is -0.490 e. The summed E-state index contributed by atoms with van der Waals surface area (Å²) in [6.07, 6.45) is 3.58. The molecule has 1 saturated heterocycles. The molecule has 3 aromatic heterocycles. The van der Waals surface area contributed by atoms with E-state index in [4.69, 9.17) is 9.47 Å². The molecular weight excluding hydrogens is 410 g/mol. The summed E-state index contributed by atoms with van der Waals surface area (Å²) < 4.78 is 12.2. The summed E-state index contributed by atoms with van der Waals surface area (Å²) >= 11 is 0. The number of imidazole rings is 1. The van der Waals surface area contributed by atoms with Gasteiger partial charge in [-0.25, -0.2) is 14.8 Å². The Morgan fingerprint density at radius 3 is 2.84 bits per heavy atom. The molecule has 0 radical (unpaired) electrons. The van der Waals surface area contributed by atoms with E-state index in [1.807, 2.05) is 38.2 Å². The van der Waals surface area contributed by atoms with Crippen LogP contribution in [0.5, 0.6) is 5.75 Å². The number of anilines is 1. The number of methoxy groups -OCH3 is 1. The molecule has 0 bridgehead atoms. The average molecular weight is 438 g/mol. The predicted molar refractivity (Wildman–Crippen MR) is 119 cm³/mol. The monoisotopic (exact) mass is 437 g/mol. The molecule has 0 aromatic carbocycles. The van der Waals surface area contributed by atoms with E-state index in [9.17, 15) is 9.59 Å². The highest BCUT2D eigenvalue weighted by atomic mass is 16.5. The highest BCUT2D eigenvalue weighted by molar-refractivity contribution is 5.95. The molecule has 1 fully saturated rings. The van der Waals surface area contributed by atoms with Crippen molar-refractivity contribution in [1.29, 1.82) is 0 Å². The quantitative estimate of drug-likeness (QED) is 0.592. The number of amides is 1. The maximum atomic E-state index is 13.2. The molecule has 4 rings (SSSR count). The van der Waals surface area contributed by atoms with Crippen molar-refractivity contribution in [3.8, 4) is 5.75 Å². The third-order valence-corrected chi connectivity index (χ3v) is 5.51. The summed E-state index contributed by atoms with van der Waals surface area (Å²) in [5.41, 5.74) is 2.05. The van der Waals surface area contributed by atoms with Crippen LogP contribution < -0.4 is 15.0 Å². The molecule has 1 aliphatic rings. The van der Waals surface area contributed by atoms with Crippen LogP contribution in [0.2, 0.25) is 0 Å². The maximum Gasteiger partial charge on any atom is 0.356 e. The first-order valence-corrected chi connectivity index (χ1v) is 10.7. The van der Waals surface area contributed by atoms with Crippen molar-refractivity contribution in [1.82, 2.24) is 19.7 Å². The van der Waals surface area contributed by atoms with Gasteiger partial charge in [0.15, 0.2) is 17.1 Å². The van der Waals surface area contributed by atoms with E-state index >= 15 is 0 Å². The Kier molecular flexibility index (Phi) is 6.25. The van der Waals surface area contributed by atoms with Crippen LogP contribution in [-0.4, -0.2) is 59.1 Å². The Hall–Kier alpha value is -3.62. The van der Waals surface area contributed by atoms with E-state index in [-0.39, 0.29) is 17.6 Å². The van der Waals surface area contributed by atoms with Crippen molar-refractivity contribution in [3.63, 3.8) is 0 Å². The van der Waals surface area contributed by atoms with Gasteiger partial charge >= 0.3 is 5.97 Å². The first-order valence-electron chi connectivity index (χ1n) is 10.7. The normalized spacial score (nSPS) is 16.1. The van der Waals surface area contributed by atoms with Crippen LogP contribution in [0.15, 0.2) is 36.5 Å². The van der Waals surface area contributed by atoms with Crippen molar-refractivity contribution in [2.45, 2.75) is 32.7 Å². The lowest BCUT2D eigenvalue weighted by molar-refractivity contribution is 0.0594. The van der Waals surface area contributed by atoms with E-state index in [0.717, 1.165) is 19.4 Å². The SMILES string of the molecule is CCOc1cccn2c(C(=O)N[C@H]3CCCN(c4cccc(C(=O)OC)n4)C3)c(C)nc12. The number of aromatic nitrogens is 3. The largest absolute Gasteiger partial charge is 0.490 e. The van der Waals surface area contributed by atoms with Crippen molar-refractivity contribution in [2.75, 3.05) is 31.7 Å². The smallest absolute Gasteiger partial charge is 0.356 e. The summed E-state index contributed by atoms with van der Waals surface area (Å²) in [7, 11) is 1.34. The summed E-state index contributed by atoms with van der Waals surface area (Å²) in [6.45, 7) is 5.67. The molecule has 168 valence electrons.